The fraction of sp³-hybridized carbons (Fsp3) is 0.280. The second-order valence-corrected chi connectivity index (χ2v) is 7.90. The molecule has 2 amide bonds. The average Bonchev–Trinajstić information content (AvgIpc) is 2.82. The predicted molar refractivity (Wildman–Crippen MR) is 125 cm³/mol. The second kappa shape index (κ2) is 9.68. The molecule has 0 radical (unpaired) electrons. The monoisotopic (exact) mass is 446 g/mol. The first kappa shape index (κ1) is 22.3. The molecule has 0 unspecified atom stereocenters. The zero-order valence-corrected chi connectivity index (χ0v) is 18.7. The third-order valence-electron chi connectivity index (χ3n) is 5.52. The van der Waals surface area contributed by atoms with Gasteiger partial charge in [-0.2, -0.15) is 0 Å². The van der Waals surface area contributed by atoms with Crippen molar-refractivity contribution < 1.29 is 14.3 Å². The zero-order valence-electron chi connectivity index (χ0n) is 18.7. The van der Waals surface area contributed by atoms with E-state index in [1.54, 1.807) is 24.0 Å². The number of fused-ring (bicyclic) bond motifs is 1. The lowest BCUT2D eigenvalue weighted by atomic mass is 10.1. The van der Waals surface area contributed by atoms with Crippen molar-refractivity contribution in [3.05, 3.63) is 81.8 Å². The molecule has 0 atom stereocenters. The highest BCUT2D eigenvalue weighted by Crippen LogP contribution is 2.22. The molecule has 0 saturated heterocycles. The molecule has 2 aromatic carbocycles. The molecule has 1 aliphatic heterocycles. The van der Waals surface area contributed by atoms with Crippen molar-refractivity contribution in [3.63, 3.8) is 0 Å². The molecule has 1 N–H and O–H groups in total. The van der Waals surface area contributed by atoms with Gasteiger partial charge in [0.25, 0.3) is 5.56 Å². The van der Waals surface area contributed by atoms with Gasteiger partial charge in [0.1, 0.15) is 12.4 Å². The van der Waals surface area contributed by atoms with Crippen molar-refractivity contribution in [3.8, 4) is 11.4 Å². The first-order valence-corrected chi connectivity index (χ1v) is 10.9. The Morgan fingerprint density at radius 2 is 1.82 bits per heavy atom. The summed E-state index contributed by atoms with van der Waals surface area (Å²) in [6.45, 7) is 4.40. The van der Waals surface area contributed by atoms with Gasteiger partial charge in [-0.05, 0) is 32.4 Å². The molecule has 0 aliphatic carbocycles. The van der Waals surface area contributed by atoms with E-state index in [-0.39, 0.29) is 31.2 Å². The van der Waals surface area contributed by atoms with Gasteiger partial charge < -0.3 is 15.0 Å². The van der Waals surface area contributed by atoms with Crippen LogP contribution in [0.2, 0.25) is 0 Å². The summed E-state index contributed by atoms with van der Waals surface area (Å²) in [5.74, 6) is 0.0787. The van der Waals surface area contributed by atoms with Gasteiger partial charge in [-0.15, -0.1) is 0 Å². The van der Waals surface area contributed by atoms with Crippen LogP contribution in [0.4, 0.5) is 10.5 Å². The van der Waals surface area contributed by atoms with E-state index in [1.807, 2.05) is 49.4 Å². The molecule has 4 rings (SSSR count). The van der Waals surface area contributed by atoms with Gasteiger partial charge in [0, 0.05) is 23.4 Å². The molecule has 2 heterocycles. The normalized spacial score (nSPS) is 12.7. The number of aromatic nitrogens is 2. The van der Waals surface area contributed by atoms with E-state index in [0.29, 0.717) is 35.7 Å². The third-order valence-corrected chi connectivity index (χ3v) is 5.52. The molecule has 1 aliphatic rings. The predicted octanol–water partition coefficient (Wildman–Crippen LogP) is 3.37. The summed E-state index contributed by atoms with van der Waals surface area (Å²) in [6.07, 6.45) is -0.0673. The maximum absolute atomic E-state index is 13.5. The number of benzene rings is 2. The highest BCUT2D eigenvalue weighted by atomic mass is 16.6. The number of carbonyl (C=O) groups is 2. The first-order chi connectivity index (χ1) is 16.0. The Morgan fingerprint density at radius 1 is 1.09 bits per heavy atom. The highest BCUT2D eigenvalue weighted by Gasteiger charge is 2.27. The number of carbonyl (C=O) groups excluding carboxylic acids is 2. The molecule has 0 saturated carbocycles. The van der Waals surface area contributed by atoms with Gasteiger partial charge in [-0.25, -0.2) is 9.78 Å². The van der Waals surface area contributed by atoms with Crippen LogP contribution in [0.1, 0.15) is 23.7 Å². The van der Waals surface area contributed by atoms with Crippen LogP contribution in [0.5, 0.6) is 0 Å². The number of hydrogen-bond donors (Lipinski definition) is 1. The summed E-state index contributed by atoms with van der Waals surface area (Å²) in [6, 6.07) is 16.7. The van der Waals surface area contributed by atoms with E-state index in [2.05, 4.69) is 5.32 Å². The molecular formula is C25H26N4O4. The van der Waals surface area contributed by atoms with Crippen LogP contribution in [-0.2, 0) is 29.0 Å². The zero-order chi connectivity index (χ0) is 23.4. The van der Waals surface area contributed by atoms with E-state index < -0.39 is 6.09 Å². The van der Waals surface area contributed by atoms with Crippen LogP contribution < -0.4 is 10.9 Å². The molecular weight excluding hydrogens is 420 g/mol. The highest BCUT2D eigenvalue weighted by molar-refractivity contribution is 5.90. The summed E-state index contributed by atoms with van der Waals surface area (Å²) >= 11 is 0. The average molecular weight is 447 g/mol. The molecule has 0 spiro atoms. The van der Waals surface area contributed by atoms with Crippen LogP contribution in [0.15, 0.2) is 59.4 Å². The van der Waals surface area contributed by atoms with Gasteiger partial charge in [0.15, 0.2) is 0 Å². The van der Waals surface area contributed by atoms with E-state index in [0.717, 1.165) is 11.1 Å². The number of anilines is 1. The lowest BCUT2D eigenvalue weighted by Gasteiger charge is -2.28. The fourth-order valence-electron chi connectivity index (χ4n) is 3.83. The fourth-order valence-corrected chi connectivity index (χ4v) is 3.83. The SMILES string of the molecule is CCOC(=O)N1CCc2c(nc(-c3ccc(C)cc3)n(CC(=O)Nc3ccccc3)c2=O)C1. The Balaban J connectivity index is 1.72. The van der Waals surface area contributed by atoms with Gasteiger partial charge in [-0.1, -0.05) is 48.0 Å². The summed E-state index contributed by atoms with van der Waals surface area (Å²) in [4.78, 5) is 44.8. The Bertz CT molecular complexity index is 1220. The molecule has 0 fully saturated rings. The molecule has 8 heteroatoms. The van der Waals surface area contributed by atoms with Crippen molar-refractivity contribution in [2.24, 2.45) is 0 Å². The number of ether oxygens (including phenoxy) is 1. The van der Waals surface area contributed by atoms with Gasteiger partial charge in [0.05, 0.1) is 18.8 Å². The van der Waals surface area contributed by atoms with Gasteiger partial charge >= 0.3 is 6.09 Å². The lowest BCUT2D eigenvalue weighted by molar-refractivity contribution is -0.116. The van der Waals surface area contributed by atoms with Crippen molar-refractivity contribution >= 4 is 17.7 Å². The molecule has 0 bridgehead atoms. The molecule has 8 nitrogen and oxygen atoms in total. The standard InChI is InChI=1S/C25H26N4O4/c1-3-33-25(32)28-14-13-20-21(15-28)27-23(18-11-9-17(2)10-12-18)29(24(20)31)16-22(30)26-19-7-5-4-6-8-19/h4-12H,3,13-16H2,1-2H3,(H,26,30). The van der Waals surface area contributed by atoms with Crippen molar-refractivity contribution in [1.29, 1.82) is 0 Å². The van der Waals surface area contributed by atoms with Crippen LogP contribution in [0.25, 0.3) is 11.4 Å². The van der Waals surface area contributed by atoms with Crippen molar-refractivity contribution in [2.45, 2.75) is 33.4 Å². The summed E-state index contributed by atoms with van der Waals surface area (Å²) in [5.41, 5.74) is 3.25. The lowest BCUT2D eigenvalue weighted by Crippen LogP contribution is -2.42. The minimum absolute atomic E-state index is 0.168. The van der Waals surface area contributed by atoms with E-state index >= 15 is 0 Å². The maximum atomic E-state index is 13.5. The Labute approximate surface area is 191 Å². The number of hydrogen-bond acceptors (Lipinski definition) is 5. The number of nitrogens with one attached hydrogen (secondary N) is 1. The number of aryl methyl sites for hydroxylation is 1. The topological polar surface area (TPSA) is 93.5 Å². The number of nitrogens with zero attached hydrogens (tertiary/aromatic N) is 3. The summed E-state index contributed by atoms with van der Waals surface area (Å²) in [7, 11) is 0. The van der Waals surface area contributed by atoms with Crippen molar-refractivity contribution in [2.75, 3.05) is 18.5 Å². The van der Waals surface area contributed by atoms with Gasteiger partial charge in [-0.3, -0.25) is 14.2 Å². The summed E-state index contributed by atoms with van der Waals surface area (Å²) < 4.78 is 6.53. The minimum Gasteiger partial charge on any atom is -0.450 e. The minimum atomic E-state index is -0.423. The Kier molecular flexibility index (Phi) is 6.53. The summed E-state index contributed by atoms with van der Waals surface area (Å²) in [5, 5.41) is 2.83. The Morgan fingerprint density at radius 3 is 2.52 bits per heavy atom. The van der Waals surface area contributed by atoms with E-state index in [4.69, 9.17) is 9.72 Å². The van der Waals surface area contributed by atoms with Gasteiger partial charge in [0.2, 0.25) is 5.91 Å². The van der Waals surface area contributed by atoms with Crippen LogP contribution in [0, 0.1) is 6.92 Å². The Hall–Kier alpha value is -3.94. The quantitative estimate of drug-likeness (QED) is 0.649. The van der Waals surface area contributed by atoms with E-state index in [9.17, 15) is 14.4 Å². The first-order valence-electron chi connectivity index (χ1n) is 10.9. The third kappa shape index (κ3) is 4.95. The van der Waals surface area contributed by atoms with Crippen LogP contribution in [0.3, 0.4) is 0 Å². The number of para-hydroxylation sites is 1. The number of rotatable bonds is 5. The smallest absolute Gasteiger partial charge is 0.410 e. The second-order valence-electron chi connectivity index (χ2n) is 7.90. The van der Waals surface area contributed by atoms with Crippen molar-refractivity contribution in [1.82, 2.24) is 14.5 Å². The molecule has 3 aromatic rings. The molecule has 33 heavy (non-hydrogen) atoms. The molecule has 1 aromatic heterocycles. The van der Waals surface area contributed by atoms with Crippen LogP contribution >= 0.6 is 0 Å². The van der Waals surface area contributed by atoms with Crippen LogP contribution in [-0.4, -0.2) is 39.6 Å². The number of amides is 2. The maximum Gasteiger partial charge on any atom is 0.410 e. The van der Waals surface area contributed by atoms with E-state index in [1.165, 1.54) is 4.57 Å². The molecule has 170 valence electrons. The largest absolute Gasteiger partial charge is 0.450 e.